The first-order chi connectivity index (χ1) is 11.8. The number of hydrogen-bond donors (Lipinski definition) is 0. The van der Waals surface area contributed by atoms with Crippen LogP contribution < -0.4 is 9.80 Å². The average molecular weight is 342 g/mol. The Hall–Kier alpha value is -1.71. The Morgan fingerprint density at radius 1 is 0.792 bits per heavy atom. The van der Waals surface area contributed by atoms with Gasteiger partial charge in [-0.3, -0.25) is 0 Å². The molecule has 0 N–H and O–H groups in total. The van der Waals surface area contributed by atoms with Crippen LogP contribution in [0.2, 0.25) is 5.02 Å². The second-order valence-corrected chi connectivity index (χ2v) is 7.09. The van der Waals surface area contributed by atoms with E-state index in [1.165, 1.54) is 49.5 Å². The zero-order chi connectivity index (χ0) is 16.4. The minimum atomic E-state index is 0.793. The highest BCUT2D eigenvalue weighted by atomic mass is 35.5. The summed E-state index contributed by atoms with van der Waals surface area (Å²) in [6, 6.07) is 16.9. The molecule has 4 rings (SSSR count). The molecule has 2 aliphatic rings. The van der Waals surface area contributed by atoms with Gasteiger partial charge in [-0.25, -0.2) is 0 Å². The highest BCUT2D eigenvalue weighted by Gasteiger charge is 2.24. The Morgan fingerprint density at radius 3 is 2.38 bits per heavy atom. The largest absolute Gasteiger partial charge is 0.367 e. The molecule has 2 aromatic rings. The highest BCUT2D eigenvalue weighted by Crippen LogP contribution is 2.37. The van der Waals surface area contributed by atoms with E-state index < -0.39 is 0 Å². The van der Waals surface area contributed by atoms with Gasteiger partial charge >= 0.3 is 0 Å². The molecule has 0 aliphatic carbocycles. The molecule has 1 fully saturated rings. The van der Waals surface area contributed by atoms with E-state index in [1.807, 2.05) is 12.1 Å². The zero-order valence-electron chi connectivity index (χ0n) is 14.0. The minimum Gasteiger partial charge on any atom is -0.367 e. The van der Waals surface area contributed by atoms with Crippen molar-refractivity contribution in [3.05, 3.63) is 53.6 Å². The van der Waals surface area contributed by atoms with E-state index in [0.717, 1.165) is 24.7 Å². The second-order valence-electron chi connectivity index (χ2n) is 6.66. The Bertz CT molecular complexity index is 697. The van der Waals surface area contributed by atoms with Crippen molar-refractivity contribution < 1.29 is 0 Å². The van der Waals surface area contributed by atoms with Crippen molar-refractivity contribution in [3.63, 3.8) is 0 Å². The molecule has 24 heavy (non-hydrogen) atoms. The predicted octanol–water partition coefficient (Wildman–Crippen LogP) is 4.39. The third kappa shape index (κ3) is 3.24. The van der Waals surface area contributed by atoms with Crippen LogP contribution in [0.4, 0.5) is 17.1 Å². The Morgan fingerprint density at radius 2 is 1.58 bits per heavy atom. The smallest absolute Gasteiger partial charge is 0.0649 e. The molecule has 0 unspecified atom stereocenters. The summed E-state index contributed by atoms with van der Waals surface area (Å²) in [5.41, 5.74) is 3.80. The SMILES string of the molecule is Clc1cccc(N2CCN(CCN3CCCC3)c3ccccc32)c1. The molecule has 126 valence electrons. The van der Waals surface area contributed by atoms with Gasteiger partial charge in [0.2, 0.25) is 0 Å². The van der Waals surface area contributed by atoms with Crippen LogP contribution in [0.25, 0.3) is 0 Å². The number of anilines is 3. The van der Waals surface area contributed by atoms with E-state index in [0.29, 0.717) is 0 Å². The van der Waals surface area contributed by atoms with Gasteiger partial charge in [-0.2, -0.15) is 0 Å². The van der Waals surface area contributed by atoms with Gasteiger partial charge in [0.25, 0.3) is 0 Å². The normalized spacial score (nSPS) is 18.0. The number of halogens is 1. The molecule has 0 atom stereocenters. The molecular formula is C20H24ClN3. The summed E-state index contributed by atoms with van der Waals surface area (Å²) in [5.74, 6) is 0. The molecule has 3 nitrogen and oxygen atoms in total. The number of benzene rings is 2. The van der Waals surface area contributed by atoms with E-state index in [-0.39, 0.29) is 0 Å². The molecular weight excluding hydrogens is 318 g/mol. The van der Waals surface area contributed by atoms with Crippen LogP contribution in [-0.4, -0.2) is 44.2 Å². The van der Waals surface area contributed by atoms with Crippen LogP contribution >= 0.6 is 11.6 Å². The molecule has 2 aromatic carbocycles. The molecule has 2 heterocycles. The summed E-state index contributed by atoms with van der Waals surface area (Å²) in [6.45, 7) is 6.87. The molecule has 2 aliphatic heterocycles. The van der Waals surface area contributed by atoms with E-state index in [9.17, 15) is 0 Å². The first kappa shape index (κ1) is 15.8. The van der Waals surface area contributed by atoms with Crippen molar-refractivity contribution in [3.8, 4) is 0 Å². The molecule has 0 radical (unpaired) electrons. The summed E-state index contributed by atoms with van der Waals surface area (Å²) in [7, 11) is 0. The fourth-order valence-electron chi connectivity index (χ4n) is 3.83. The average Bonchev–Trinajstić information content (AvgIpc) is 3.13. The topological polar surface area (TPSA) is 9.72 Å². The molecule has 0 saturated carbocycles. The number of rotatable bonds is 4. The monoisotopic (exact) mass is 341 g/mol. The van der Waals surface area contributed by atoms with Gasteiger partial charge in [0.15, 0.2) is 0 Å². The van der Waals surface area contributed by atoms with Crippen LogP contribution in [-0.2, 0) is 0 Å². The molecule has 4 heteroatoms. The summed E-state index contributed by atoms with van der Waals surface area (Å²) in [5, 5.41) is 0.793. The maximum absolute atomic E-state index is 6.20. The third-order valence-corrected chi connectivity index (χ3v) is 5.35. The fraction of sp³-hybridized carbons (Fsp3) is 0.400. The van der Waals surface area contributed by atoms with E-state index >= 15 is 0 Å². The van der Waals surface area contributed by atoms with Gasteiger partial charge in [0.1, 0.15) is 0 Å². The van der Waals surface area contributed by atoms with Gasteiger partial charge < -0.3 is 14.7 Å². The molecule has 1 saturated heterocycles. The van der Waals surface area contributed by atoms with Gasteiger partial charge in [-0.1, -0.05) is 29.8 Å². The second kappa shape index (κ2) is 7.04. The lowest BCUT2D eigenvalue weighted by molar-refractivity contribution is 0.344. The van der Waals surface area contributed by atoms with Gasteiger partial charge in [-0.15, -0.1) is 0 Å². The van der Waals surface area contributed by atoms with Crippen molar-refractivity contribution in [1.29, 1.82) is 0 Å². The van der Waals surface area contributed by atoms with Gasteiger partial charge in [0.05, 0.1) is 11.4 Å². The number of nitrogens with zero attached hydrogens (tertiary/aromatic N) is 3. The number of fused-ring (bicyclic) bond motifs is 1. The van der Waals surface area contributed by atoms with Crippen molar-refractivity contribution in [2.24, 2.45) is 0 Å². The van der Waals surface area contributed by atoms with Crippen LogP contribution in [0, 0.1) is 0 Å². The Labute approximate surface area is 149 Å². The van der Waals surface area contributed by atoms with Crippen LogP contribution in [0.15, 0.2) is 48.5 Å². The Kier molecular flexibility index (Phi) is 4.63. The number of likely N-dealkylation sites (tertiary alicyclic amines) is 1. The van der Waals surface area contributed by atoms with E-state index in [2.05, 4.69) is 51.1 Å². The van der Waals surface area contributed by atoms with Crippen molar-refractivity contribution in [2.75, 3.05) is 49.1 Å². The van der Waals surface area contributed by atoms with Crippen molar-refractivity contribution in [1.82, 2.24) is 4.90 Å². The first-order valence-electron chi connectivity index (χ1n) is 8.91. The summed E-state index contributed by atoms with van der Waals surface area (Å²) in [6.07, 6.45) is 2.72. The minimum absolute atomic E-state index is 0.793. The third-order valence-electron chi connectivity index (χ3n) is 5.11. The van der Waals surface area contributed by atoms with E-state index in [4.69, 9.17) is 11.6 Å². The summed E-state index contributed by atoms with van der Waals surface area (Å²) < 4.78 is 0. The van der Waals surface area contributed by atoms with Gasteiger partial charge in [0, 0.05) is 36.9 Å². The fourth-order valence-corrected chi connectivity index (χ4v) is 4.02. The summed E-state index contributed by atoms with van der Waals surface area (Å²) in [4.78, 5) is 7.51. The van der Waals surface area contributed by atoms with Crippen LogP contribution in [0.3, 0.4) is 0 Å². The van der Waals surface area contributed by atoms with E-state index in [1.54, 1.807) is 0 Å². The van der Waals surface area contributed by atoms with Crippen molar-refractivity contribution in [2.45, 2.75) is 12.8 Å². The maximum atomic E-state index is 6.20. The molecule has 0 spiro atoms. The lowest BCUT2D eigenvalue weighted by atomic mass is 10.1. The maximum Gasteiger partial charge on any atom is 0.0649 e. The molecule has 0 bridgehead atoms. The quantitative estimate of drug-likeness (QED) is 0.816. The standard InChI is InChI=1S/C20H24ClN3/c21-17-6-5-7-18(16-17)24-15-14-23(13-12-22-10-3-4-11-22)19-8-1-2-9-20(19)24/h1-2,5-9,16H,3-4,10-15H2. The number of hydrogen-bond acceptors (Lipinski definition) is 3. The first-order valence-corrected chi connectivity index (χ1v) is 9.28. The summed E-state index contributed by atoms with van der Waals surface area (Å²) >= 11 is 6.20. The lowest BCUT2D eigenvalue weighted by Gasteiger charge is -2.39. The zero-order valence-corrected chi connectivity index (χ0v) is 14.8. The number of para-hydroxylation sites is 2. The lowest BCUT2D eigenvalue weighted by Crippen LogP contribution is -2.42. The highest BCUT2D eigenvalue weighted by molar-refractivity contribution is 6.30. The van der Waals surface area contributed by atoms with Gasteiger partial charge in [-0.05, 0) is 56.3 Å². The Balaban J connectivity index is 1.56. The molecule has 0 aromatic heterocycles. The van der Waals surface area contributed by atoms with Crippen molar-refractivity contribution >= 4 is 28.7 Å². The van der Waals surface area contributed by atoms with Crippen LogP contribution in [0.1, 0.15) is 12.8 Å². The predicted molar refractivity (Wildman–Crippen MR) is 103 cm³/mol. The molecule has 0 amide bonds. The van der Waals surface area contributed by atoms with Crippen LogP contribution in [0.5, 0.6) is 0 Å².